The molecule has 0 saturated heterocycles. The maximum atomic E-state index is 4.14. The normalized spacial score (nSPS) is 10.5. The lowest BCUT2D eigenvalue weighted by molar-refractivity contribution is 0.645. The van der Waals surface area contributed by atoms with Gasteiger partial charge >= 0.3 is 0 Å². The van der Waals surface area contributed by atoms with Crippen molar-refractivity contribution in [2.75, 3.05) is 0 Å². The van der Waals surface area contributed by atoms with Crippen LogP contribution >= 0.6 is 0 Å². The Balaban J connectivity index is 2.71. The van der Waals surface area contributed by atoms with Gasteiger partial charge in [0.1, 0.15) is 0 Å². The van der Waals surface area contributed by atoms with Gasteiger partial charge in [0.15, 0.2) is 0 Å². The minimum Gasteiger partial charge on any atom is -0.264 e. The lowest BCUT2D eigenvalue weighted by Gasteiger charge is -2.03. The molecule has 0 atom stereocenters. The number of nitrogens with zero attached hydrogens (tertiary/aromatic N) is 1. The molecule has 0 bridgehead atoms. The van der Waals surface area contributed by atoms with Crippen molar-refractivity contribution in [2.45, 2.75) is 27.2 Å². The van der Waals surface area contributed by atoms with Crippen molar-refractivity contribution in [1.29, 1.82) is 0 Å². The summed E-state index contributed by atoms with van der Waals surface area (Å²) < 4.78 is 0. The van der Waals surface area contributed by atoms with E-state index in [0.29, 0.717) is 0 Å². The third kappa shape index (κ3) is 2.71. The van der Waals surface area contributed by atoms with Gasteiger partial charge in [0, 0.05) is 12.4 Å². The van der Waals surface area contributed by atoms with E-state index in [0.717, 1.165) is 12.3 Å². The van der Waals surface area contributed by atoms with Crippen LogP contribution in [0.15, 0.2) is 18.5 Å². The van der Waals surface area contributed by atoms with Crippen LogP contribution in [0, 0.1) is 12.8 Å². The second kappa shape index (κ2) is 3.51. The van der Waals surface area contributed by atoms with Crippen LogP contribution in [0.25, 0.3) is 0 Å². The molecule has 0 aliphatic carbocycles. The molecule has 0 aromatic carbocycles. The Bertz CT molecular complexity index is 228. The van der Waals surface area contributed by atoms with Crippen LogP contribution in [0.1, 0.15) is 25.0 Å². The van der Waals surface area contributed by atoms with Gasteiger partial charge < -0.3 is 0 Å². The lowest BCUT2D eigenvalue weighted by atomic mass is 10.0. The monoisotopic (exact) mass is 149 g/mol. The molecule has 0 saturated carbocycles. The molecule has 1 heteroatoms. The summed E-state index contributed by atoms with van der Waals surface area (Å²) in [5, 5.41) is 0. The predicted octanol–water partition coefficient (Wildman–Crippen LogP) is 2.59. The van der Waals surface area contributed by atoms with Crippen molar-refractivity contribution in [3.63, 3.8) is 0 Å². The number of hydrogen-bond donors (Lipinski definition) is 0. The maximum absolute atomic E-state index is 4.14. The van der Waals surface area contributed by atoms with Crippen LogP contribution < -0.4 is 0 Å². The van der Waals surface area contributed by atoms with E-state index < -0.39 is 0 Å². The first-order chi connectivity index (χ1) is 5.18. The Morgan fingerprint density at radius 2 is 2.09 bits per heavy atom. The number of aryl methyl sites for hydroxylation is 1. The molecule has 1 rings (SSSR count). The van der Waals surface area contributed by atoms with Gasteiger partial charge in [-0.2, -0.15) is 0 Å². The first-order valence-electron chi connectivity index (χ1n) is 4.09. The van der Waals surface area contributed by atoms with Gasteiger partial charge in [0.2, 0.25) is 0 Å². The highest BCUT2D eigenvalue weighted by Crippen LogP contribution is 2.07. The van der Waals surface area contributed by atoms with Crippen molar-refractivity contribution in [3.05, 3.63) is 29.6 Å². The topological polar surface area (TPSA) is 12.9 Å². The van der Waals surface area contributed by atoms with E-state index in [1.165, 1.54) is 11.1 Å². The van der Waals surface area contributed by atoms with Crippen molar-refractivity contribution >= 4 is 0 Å². The molecule has 60 valence electrons. The molecule has 0 unspecified atom stereocenters. The fraction of sp³-hybridized carbons (Fsp3) is 0.500. The van der Waals surface area contributed by atoms with Crippen LogP contribution in [0.3, 0.4) is 0 Å². The zero-order valence-corrected chi connectivity index (χ0v) is 7.46. The van der Waals surface area contributed by atoms with E-state index in [2.05, 4.69) is 31.8 Å². The first kappa shape index (κ1) is 8.25. The average Bonchev–Trinajstić information content (AvgIpc) is 1.85. The van der Waals surface area contributed by atoms with E-state index in [1.807, 2.05) is 12.4 Å². The number of hydrogen-bond acceptors (Lipinski definition) is 1. The molecular formula is C10H15N. The van der Waals surface area contributed by atoms with Gasteiger partial charge in [-0.25, -0.2) is 0 Å². The highest BCUT2D eigenvalue weighted by Gasteiger charge is 1.97. The highest BCUT2D eigenvalue weighted by molar-refractivity contribution is 5.16. The summed E-state index contributed by atoms with van der Waals surface area (Å²) in [6, 6.07) is 2.20. The molecule has 0 aliphatic rings. The molecule has 1 heterocycles. The SMILES string of the molecule is Cc1cncc(CC(C)C)c1. The largest absolute Gasteiger partial charge is 0.264 e. The van der Waals surface area contributed by atoms with Gasteiger partial charge in [-0.15, -0.1) is 0 Å². The van der Waals surface area contributed by atoms with Crippen LogP contribution in [0.4, 0.5) is 0 Å². The maximum Gasteiger partial charge on any atom is 0.0300 e. The summed E-state index contributed by atoms with van der Waals surface area (Å²) in [5.74, 6) is 0.721. The number of pyridine rings is 1. The number of rotatable bonds is 2. The van der Waals surface area contributed by atoms with Gasteiger partial charge in [-0.1, -0.05) is 19.9 Å². The summed E-state index contributed by atoms with van der Waals surface area (Å²) in [6.07, 6.45) is 4.98. The molecule has 0 N–H and O–H groups in total. The Kier molecular flexibility index (Phi) is 2.64. The van der Waals surface area contributed by atoms with Crippen molar-refractivity contribution in [3.8, 4) is 0 Å². The van der Waals surface area contributed by atoms with E-state index in [1.54, 1.807) is 0 Å². The summed E-state index contributed by atoms with van der Waals surface area (Å²) in [5.41, 5.74) is 2.60. The van der Waals surface area contributed by atoms with Gasteiger partial charge in [-0.3, -0.25) is 4.98 Å². The summed E-state index contributed by atoms with van der Waals surface area (Å²) >= 11 is 0. The fourth-order valence-corrected chi connectivity index (χ4v) is 1.20. The molecule has 1 aromatic heterocycles. The Labute approximate surface area is 68.5 Å². The molecular weight excluding hydrogens is 134 g/mol. The summed E-state index contributed by atoms with van der Waals surface area (Å²) in [7, 11) is 0. The third-order valence-corrected chi connectivity index (χ3v) is 1.58. The standard InChI is InChI=1S/C10H15N/c1-8(2)4-10-5-9(3)6-11-7-10/h5-8H,4H2,1-3H3. The predicted molar refractivity (Wildman–Crippen MR) is 47.5 cm³/mol. The van der Waals surface area contributed by atoms with Crippen LogP contribution in [-0.4, -0.2) is 4.98 Å². The molecule has 0 radical (unpaired) electrons. The quantitative estimate of drug-likeness (QED) is 0.629. The zero-order valence-electron chi connectivity index (χ0n) is 7.46. The van der Waals surface area contributed by atoms with Gasteiger partial charge in [0.05, 0.1) is 0 Å². The minimum absolute atomic E-state index is 0.721. The van der Waals surface area contributed by atoms with Crippen molar-refractivity contribution in [2.24, 2.45) is 5.92 Å². The van der Waals surface area contributed by atoms with Gasteiger partial charge in [-0.05, 0) is 30.4 Å². The average molecular weight is 149 g/mol. The minimum atomic E-state index is 0.721. The molecule has 11 heavy (non-hydrogen) atoms. The second-order valence-electron chi connectivity index (χ2n) is 3.47. The van der Waals surface area contributed by atoms with Crippen LogP contribution in [0.5, 0.6) is 0 Å². The van der Waals surface area contributed by atoms with E-state index in [4.69, 9.17) is 0 Å². The molecule has 0 aliphatic heterocycles. The zero-order chi connectivity index (χ0) is 8.27. The molecule has 1 aromatic rings. The molecule has 0 amide bonds. The van der Waals surface area contributed by atoms with Crippen LogP contribution in [0.2, 0.25) is 0 Å². The molecule has 0 fully saturated rings. The highest BCUT2D eigenvalue weighted by atomic mass is 14.6. The fourth-order valence-electron chi connectivity index (χ4n) is 1.20. The van der Waals surface area contributed by atoms with Crippen LogP contribution in [-0.2, 0) is 6.42 Å². The van der Waals surface area contributed by atoms with E-state index >= 15 is 0 Å². The summed E-state index contributed by atoms with van der Waals surface area (Å²) in [4.78, 5) is 4.14. The van der Waals surface area contributed by atoms with E-state index in [-0.39, 0.29) is 0 Å². The lowest BCUT2D eigenvalue weighted by Crippen LogP contribution is -1.94. The third-order valence-electron chi connectivity index (χ3n) is 1.58. The Morgan fingerprint density at radius 1 is 1.36 bits per heavy atom. The first-order valence-corrected chi connectivity index (χ1v) is 4.09. The number of aromatic nitrogens is 1. The van der Waals surface area contributed by atoms with Gasteiger partial charge in [0.25, 0.3) is 0 Å². The Morgan fingerprint density at radius 3 is 2.64 bits per heavy atom. The summed E-state index contributed by atoms with van der Waals surface area (Å²) in [6.45, 7) is 6.53. The van der Waals surface area contributed by atoms with E-state index in [9.17, 15) is 0 Å². The smallest absolute Gasteiger partial charge is 0.0300 e. The van der Waals surface area contributed by atoms with Crippen molar-refractivity contribution in [1.82, 2.24) is 4.98 Å². The van der Waals surface area contributed by atoms with Crippen molar-refractivity contribution < 1.29 is 0 Å². The Hall–Kier alpha value is -0.850. The second-order valence-corrected chi connectivity index (χ2v) is 3.47. The molecule has 1 nitrogen and oxygen atoms in total. The molecule has 0 spiro atoms.